The zero-order valence-electron chi connectivity index (χ0n) is 8.58. The van der Waals surface area contributed by atoms with Crippen molar-refractivity contribution in [3.05, 3.63) is 34.1 Å². The average Bonchev–Trinajstić information content (AvgIpc) is 2.22. The monoisotopic (exact) mass is 309 g/mol. The van der Waals surface area contributed by atoms with Crippen molar-refractivity contribution in [2.75, 3.05) is 12.3 Å². The fourth-order valence-electron chi connectivity index (χ4n) is 1.22. The minimum absolute atomic E-state index is 0.244. The minimum atomic E-state index is -1.74. The normalized spacial score (nSPS) is 12.7. The highest BCUT2D eigenvalue weighted by atomic mass is 79.9. The number of hydrogen-bond acceptors (Lipinski definition) is 2. The zero-order valence-corrected chi connectivity index (χ0v) is 11.0. The predicted molar refractivity (Wildman–Crippen MR) is 66.1 cm³/mol. The Morgan fingerprint density at radius 1 is 1.50 bits per heavy atom. The van der Waals surface area contributed by atoms with Gasteiger partial charge in [0.1, 0.15) is 5.82 Å². The summed E-state index contributed by atoms with van der Waals surface area (Å²) in [4.78, 5) is 0. The van der Waals surface area contributed by atoms with E-state index in [0.29, 0.717) is 25.1 Å². The average molecular weight is 310 g/mol. The molecule has 1 unspecified atom stereocenters. The quantitative estimate of drug-likeness (QED) is 0.626. The molecule has 0 saturated carbocycles. The van der Waals surface area contributed by atoms with Crippen LogP contribution in [0.25, 0.3) is 0 Å². The highest BCUT2D eigenvalue weighted by molar-refractivity contribution is 9.10. The molecule has 3 nitrogen and oxygen atoms in total. The standard InChI is InChI=1S/C10H13BrFNO2S/c11-9-2-3-10(12)8(6-9)7-13-4-1-5-16(14)15/h2-3,6,13H,1,4-5,7H2,(H,14,15). The Bertz CT molecular complexity index is 376. The summed E-state index contributed by atoms with van der Waals surface area (Å²) in [7, 11) is 0. The molecule has 16 heavy (non-hydrogen) atoms. The lowest BCUT2D eigenvalue weighted by Gasteiger charge is -2.05. The molecule has 0 aliphatic carbocycles. The van der Waals surface area contributed by atoms with Gasteiger partial charge in [-0.1, -0.05) is 15.9 Å². The van der Waals surface area contributed by atoms with Crippen LogP contribution in [0.15, 0.2) is 22.7 Å². The molecule has 1 aromatic carbocycles. The first kappa shape index (κ1) is 13.8. The Morgan fingerprint density at radius 3 is 2.94 bits per heavy atom. The van der Waals surface area contributed by atoms with Crippen molar-refractivity contribution in [1.29, 1.82) is 0 Å². The molecule has 0 spiro atoms. The van der Waals surface area contributed by atoms with Gasteiger partial charge in [-0.25, -0.2) is 8.60 Å². The van der Waals surface area contributed by atoms with Crippen LogP contribution >= 0.6 is 15.9 Å². The van der Waals surface area contributed by atoms with Crippen molar-refractivity contribution in [1.82, 2.24) is 5.32 Å². The van der Waals surface area contributed by atoms with Crippen molar-refractivity contribution >= 4 is 27.0 Å². The second-order valence-corrected chi connectivity index (χ2v) is 5.26. The third-order valence-corrected chi connectivity index (χ3v) is 3.13. The molecular formula is C10H13BrFNO2S. The number of nitrogens with one attached hydrogen (secondary N) is 1. The van der Waals surface area contributed by atoms with Crippen LogP contribution in [0.4, 0.5) is 4.39 Å². The van der Waals surface area contributed by atoms with Crippen LogP contribution in [0.1, 0.15) is 12.0 Å². The van der Waals surface area contributed by atoms with E-state index in [-0.39, 0.29) is 11.6 Å². The first-order valence-corrected chi connectivity index (χ1v) is 6.88. The van der Waals surface area contributed by atoms with E-state index in [2.05, 4.69) is 21.2 Å². The maximum atomic E-state index is 13.3. The Morgan fingerprint density at radius 2 is 2.25 bits per heavy atom. The Hall–Kier alpha value is -0.300. The van der Waals surface area contributed by atoms with Crippen LogP contribution < -0.4 is 5.32 Å². The van der Waals surface area contributed by atoms with Gasteiger partial charge < -0.3 is 9.87 Å². The maximum absolute atomic E-state index is 13.3. The fourth-order valence-corrected chi connectivity index (χ4v) is 2.02. The van der Waals surface area contributed by atoms with E-state index >= 15 is 0 Å². The van der Waals surface area contributed by atoms with E-state index in [0.717, 1.165) is 4.47 Å². The smallest absolute Gasteiger partial charge is 0.152 e. The molecule has 0 saturated heterocycles. The van der Waals surface area contributed by atoms with Crippen molar-refractivity contribution in [2.24, 2.45) is 0 Å². The van der Waals surface area contributed by atoms with Gasteiger partial charge in [-0.2, -0.15) is 0 Å². The molecule has 1 rings (SSSR count). The second kappa shape index (κ2) is 7.11. The molecule has 0 heterocycles. The molecule has 0 aromatic heterocycles. The van der Waals surface area contributed by atoms with Gasteiger partial charge in [0.05, 0.1) is 5.75 Å². The van der Waals surface area contributed by atoms with Crippen LogP contribution in [0.3, 0.4) is 0 Å². The number of rotatable bonds is 6. The van der Waals surface area contributed by atoms with Crippen LogP contribution in [0, 0.1) is 5.82 Å². The first-order valence-electron chi connectivity index (χ1n) is 4.81. The summed E-state index contributed by atoms with van der Waals surface area (Å²) in [6.07, 6.45) is 0.596. The van der Waals surface area contributed by atoms with Crippen LogP contribution in [-0.4, -0.2) is 21.1 Å². The summed E-state index contributed by atoms with van der Waals surface area (Å²) in [6.45, 7) is 1.02. The van der Waals surface area contributed by atoms with Crippen LogP contribution in [0.5, 0.6) is 0 Å². The van der Waals surface area contributed by atoms with E-state index < -0.39 is 11.1 Å². The molecule has 0 amide bonds. The van der Waals surface area contributed by atoms with Crippen molar-refractivity contribution in [3.8, 4) is 0 Å². The van der Waals surface area contributed by atoms with Crippen molar-refractivity contribution in [2.45, 2.75) is 13.0 Å². The lowest BCUT2D eigenvalue weighted by molar-refractivity contribution is 0.555. The number of benzene rings is 1. The van der Waals surface area contributed by atoms with Crippen LogP contribution in [-0.2, 0) is 17.6 Å². The highest BCUT2D eigenvalue weighted by Crippen LogP contribution is 2.15. The van der Waals surface area contributed by atoms with Gasteiger partial charge in [0.25, 0.3) is 0 Å². The lowest BCUT2D eigenvalue weighted by Crippen LogP contribution is -2.17. The Kier molecular flexibility index (Phi) is 6.12. The van der Waals surface area contributed by atoms with E-state index in [9.17, 15) is 8.60 Å². The molecule has 6 heteroatoms. The van der Waals surface area contributed by atoms with E-state index in [1.165, 1.54) is 6.07 Å². The third kappa shape index (κ3) is 5.16. The molecule has 0 aliphatic rings. The lowest BCUT2D eigenvalue weighted by atomic mass is 10.2. The second-order valence-electron chi connectivity index (χ2n) is 3.29. The van der Waals surface area contributed by atoms with E-state index in [1.807, 2.05) is 0 Å². The van der Waals surface area contributed by atoms with Gasteiger partial charge in [-0.3, -0.25) is 0 Å². The summed E-state index contributed by atoms with van der Waals surface area (Å²) in [6, 6.07) is 4.77. The summed E-state index contributed by atoms with van der Waals surface area (Å²) >= 11 is 1.53. The predicted octanol–water partition coefficient (Wildman–Crippen LogP) is 2.29. The van der Waals surface area contributed by atoms with Gasteiger partial charge in [-0.05, 0) is 31.2 Å². The van der Waals surface area contributed by atoms with Gasteiger partial charge in [0.2, 0.25) is 0 Å². The van der Waals surface area contributed by atoms with Crippen molar-refractivity contribution < 1.29 is 13.2 Å². The molecule has 0 radical (unpaired) electrons. The Balaban J connectivity index is 2.31. The molecule has 1 aromatic rings. The number of hydrogen-bond donors (Lipinski definition) is 2. The molecule has 90 valence electrons. The first-order chi connectivity index (χ1) is 7.59. The summed E-state index contributed by atoms with van der Waals surface area (Å²) in [5.41, 5.74) is 0.583. The fraction of sp³-hybridized carbons (Fsp3) is 0.400. The van der Waals surface area contributed by atoms with Gasteiger partial charge in [-0.15, -0.1) is 0 Å². The molecule has 0 aliphatic heterocycles. The highest BCUT2D eigenvalue weighted by Gasteiger charge is 2.02. The SMILES string of the molecule is O=S(O)CCCNCc1cc(Br)ccc1F. The summed E-state index contributed by atoms with van der Waals surface area (Å²) in [5.74, 6) is -0.00466. The zero-order chi connectivity index (χ0) is 12.0. The minimum Gasteiger partial charge on any atom is -0.313 e. The Labute approximate surface area is 105 Å². The molecule has 2 N–H and O–H groups in total. The van der Waals surface area contributed by atoms with E-state index in [4.69, 9.17) is 4.55 Å². The third-order valence-electron chi connectivity index (χ3n) is 2.00. The van der Waals surface area contributed by atoms with Gasteiger partial charge in [0.15, 0.2) is 11.1 Å². The molecule has 0 bridgehead atoms. The summed E-state index contributed by atoms with van der Waals surface area (Å²) < 4.78 is 33.0. The largest absolute Gasteiger partial charge is 0.313 e. The molecular weight excluding hydrogens is 297 g/mol. The summed E-state index contributed by atoms with van der Waals surface area (Å²) in [5, 5.41) is 3.02. The van der Waals surface area contributed by atoms with E-state index in [1.54, 1.807) is 12.1 Å². The van der Waals surface area contributed by atoms with Gasteiger partial charge >= 0.3 is 0 Å². The number of halogens is 2. The van der Waals surface area contributed by atoms with Crippen LogP contribution in [0.2, 0.25) is 0 Å². The topological polar surface area (TPSA) is 49.3 Å². The van der Waals surface area contributed by atoms with Gasteiger partial charge in [0, 0.05) is 16.6 Å². The molecule has 0 fully saturated rings. The maximum Gasteiger partial charge on any atom is 0.152 e. The molecule has 1 atom stereocenters. The van der Waals surface area contributed by atoms with Crippen molar-refractivity contribution in [3.63, 3.8) is 0 Å².